The first-order valence-corrected chi connectivity index (χ1v) is 11.4. The molecule has 1 aromatic heterocycles. The summed E-state index contributed by atoms with van der Waals surface area (Å²) < 4.78 is 0. The van der Waals surface area contributed by atoms with Crippen molar-refractivity contribution in [3.63, 3.8) is 0 Å². The van der Waals surface area contributed by atoms with Crippen LogP contribution in [0.5, 0.6) is 0 Å². The third kappa shape index (κ3) is 3.59. The largest absolute Gasteiger partial charge is 0.353 e. The van der Waals surface area contributed by atoms with Crippen LogP contribution in [0.15, 0.2) is 35.7 Å². The van der Waals surface area contributed by atoms with Crippen molar-refractivity contribution in [3.8, 4) is 10.6 Å². The number of carbonyl (C=O) groups excluding carboxylic acids is 2. The van der Waals surface area contributed by atoms with E-state index in [1.807, 2.05) is 54.5 Å². The van der Waals surface area contributed by atoms with Gasteiger partial charge in [-0.25, -0.2) is 4.98 Å². The average molecular weight is 412 g/mol. The van der Waals surface area contributed by atoms with E-state index in [0.29, 0.717) is 6.42 Å². The molecule has 2 bridgehead atoms. The highest BCUT2D eigenvalue weighted by Crippen LogP contribution is 2.52. The maximum atomic E-state index is 13.2. The van der Waals surface area contributed by atoms with Crippen LogP contribution in [-0.2, 0) is 16.0 Å². The first-order valence-electron chi connectivity index (χ1n) is 10.6. The zero-order valence-electron chi connectivity index (χ0n) is 17.4. The molecule has 0 unspecified atom stereocenters. The van der Waals surface area contributed by atoms with Crippen LogP contribution in [-0.4, -0.2) is 39.8 Å². The number of thiazole rings is 1. The summed E-state index contributed by atoms with van der Waals surface area (Å²) in [4.78, 5) is 33.0. The lowest BCUT2D eigenvalue weighted by Gasteiger charge is -2.35. The zero-order chi connectivity index (χ0) is 20.6. The van der Waals surface area contributed by atoms with Gasteiger partial charge < -0.3 is 10.2 Å². The first kappa shape index (κ1) is 20.1. The lowest BCUT2D eigenvalue weighted by Crippen LogP contribution is -2.51. The number of fused-ring (bicyclic) bond motifs is 2. The van der Waals surface area contributed by atoms with Crippen molar-refractivity contribution in [2.75, 3.05) is 0 Å². The maximum Gasteiger partial charge on any atom is 0.229 e. The normalized spacial score (nSPS) is 25.6. The molecule has 29 heavy (non-hydrogen) atoms. The van der Waals surface area contributed by atoms with Crippen LogP contribution in [0.2, 0.25) is 0 Å². The second-order valence-corrected chi connectivity index (χ2v) is 9.43. The Morgan fingerprint density at radius 3 is 2.72 bits per heavy atom. The van der Waals surface area contributed by atoms with E-state index in [0.717, 1.165) is 41.9 Å². The molecule has 2 amide bonds. The highest BCUT2D eigenvalue weighted by atomic mass is 32.1. The molecule has 2 aliphatic heterocycles. The molecule has 2 aromatic rings. The zero-order valence-corrected chi connectivity index (χ0v) is 18.2. The monoisotopic (exact) mass is 411 g/mol. The number of hydrogen-bond donors (Lipinski definition) is 1. The lowest BCUT2D eigenvalue weighted by atomic mass is 9.71. The number of amides is 2. The van der Waals surface area contributed by atoms with E-state index in [1.54, 1.807) is 11.3 Å². The van der Waals surface area contributed by atoms with Gasteiger partial charge >= 0.3 is 0 Å². The highest BCUT2D eigenvalue weighted by molar-refractivity contribution is 7.13. The molecule has 154 valence electrons. The summed E-state index contributed by atoms with van der Waals surface area (Å²) in [5.41, 5.74) is 1.45. The van der Waals surface area contributed by atoms with Gasteiger partial charge in [0.1, 0.15) is 5.01 Å². The van der Waals surface area contributed by atoms with Crippen molar-refractivity contribution < 1.29 is 9.59 Å². The van der Waals surface area contributed by atoms with Crippen LogP contribution < -0.4 is 5.32 Å². The molecule has 1 N–H and O–H groups in total. The van der Waals surface area contributed by atoms with E-state index in [9.17, 15) is 9.59 Å². The molecule has 2 fully saturated rings. The van der Waals surface area contributed by atoms with Gasteiger partial charge in [0.2, 0.25) is 11.8 Å². The summed E-state index contributed by atoms with van der Waals surface area (Å²) >= 11 is 1.57. The molecule has 2 aliphatic rings. The predicted octanol–water partition coefficient (Wildman–Crippen LogP) is 4.04. The number of aromatic nitrogens is 1. The fourth-order valence-electron chi connectivity index (χ4n) is 5.10. The Kier molecular flexibility index (Phi) is 5.47. The van der Waals surface area contributed by atoms with Crippen molar-refractivity contribution in [2.24, 2.45) is 5.41 Å². The van der Waals surface area contributed by atoms with Gasteiger partial charge in [0, 0.05) is 29.1 Å². The molecular formula is C23H29N3O2S. The fraction of sp³-hybridized carbons (Fsp3) is 0.522. The molecule has 4 rings (SSSR count). The van der Waals surface area contributed by atoms with Crippen molar-refractivity contribution >= 4 is 23.2 Å². The molecule has 0 spiro atoms. The second-order valence-electron chi connectivity index (χ2n) is 8.58. The number of rotatable bonds is 6. The van der Waals surface area contributed by atoms with Gasteiger partial charge in [-0.05, 0) is 39.5 Å². The summed E-state index contributed by atoms with van der Waals surface area (Å²) in [6.45, 7) is 6.06. The Bertz CT molecular complexity index is 895. The van der Waals surface area contributed by atoms with Crippen molar-refractivity contribution in [2.45, 2.75) is 71.0 Å². The molecule has 0 saturated carbocycles. The van der Waals surface area contributed by atoms with Crippen molar-refractivity contribution in [1.82, 2.24) is 15.2 Å². The van der Waals surface area contributed by atoms with Crippen LogP contribution >= 0.6 is 11.3 Å². The van der Waals surface area contributed by atoms with Gasteiger partial charge in [0.05, 0.1) is 17.5 Å². The van der Waals surface area contributed by atoms with Gasteiger partial charge in [0.25, 0.3) is 0 Å². The smallest absolute Gasteiger partial charge is 0.229 e. The standard InChI is InChI=1S/C23H29N3O2S/c1-4-23(22(28)24-15(2)3)13-18-10-11-19(23)26(18)20(27)12-17-14-29-21(25-17)16-8-6-5-7-9-16/h5-9,14-15,18-19H,4,10-13H2,1-3H3,(H,24,28)/t18-,19+,23+/m1/s1. The number of benzene rings is 1. The Hall–Kier alpha value is -2.21. The van der Waals surface area contributed by atoms with Crippen molar-refractivity contribution in [3.05, 3.63) is 41.4 Å². The summed E-state index contributed by atoms with van der Waals surface area (Å²) in [6, 6.07) is 10.4. The van der Waals surface area contributed by atoms with Gasteiger partial charge in [-0.2, -0.15) is 0 Å². The summed E-state index contributed by atoms with van der Waals surface area (Å²) in [5.74, 6) is 0.218. The fourth-order valence-corrected chi connectivity index (χ4v) is 5.92. The maximum absolute atomic E-state index is 13.2. The average Bonchev–Trinajstić information content (AvgIpc) is 3.41. The Morgan fingerprint density at radius 1 is 1.28 bits per heavy atom. The third-order valence-electron chi connectivity index (χ3n) is 6.44. The first-order chi connectivity index (χ1) is 13.9. The summed E-state index contributed by atoms with van der Waals surface area (Å²) in [5, 5.41) is 6.03. The molecular weight excluding hydrogens is 382 g/mol. The van der Waals surface area contributed by atoms with Gasteiger partial charge in [-0.15, -0.1) is 11.3 Å². The molecule has 0 aliphatic carbocycles. The van der Waals surface area contributed by atoms with E-state index in [4.69, 9.17) is 0 Å². The van der Waals surface area contributed by atoms with Crippen LogP contribution in [0.3, 0.4) is 0 Å². The second kappa shape index (κ2) is 7.90. The summed E-state index contributed by atoms with van der Waals surface area (Å²) in [6.07, 6.45) is 3.78. The molecule has 3 heterocycles. The number of nitrogens with one attached hydrogen (secondary N) is 1. The van der Waals surface area contributed by atoms with Crippen LogP contribution in [0, 0.1) is 5.41 Å². The van der Waals surface area contributed by atoms with E-state index in [1.165, 1.54) is 0 Å². The molecule has 6 heteroatoms. The minimum absolute atomic E-state index is 0.0102. The van der Waals surface area contributed by atoms with Gasteiger partial charge in [0.15, 0.2) is 0 Å². The lowest BCUT2D eigenvalue weighted by molar-refractivity contribution is -0.136. The van der Waals surface area contributed by atoms with Gasteiger partial charge in [-0.1, -0.05) is 37.3 Å². The Labute approximate surface area is 176 Å². The molecule has 0 radical (unpaired) electrons. The highest BCUT2D eigenvalue weighted by Gasteiger charge is 2.60. The number of nitrogens with zero attached hydrogens (tertiary/aromatic N) is 2. The Balaban J connectivity index is 1.50. The van der Waals surface area contributed by atoms with E-state index in [2.05, 4.69) is 17.2 Å². The minimum atomic E-state index is -0.444. The number of hydrogen-bond acceptors (Lipinski definition) is 4. The summed E-state index contributed by atoms with van der Waals surface area (Å²) in [7, 11) is 0. The van der Waals surface area contributed by atoms with Crippen LogP contribution in [0.1, 0.15) is 52.1 Å². The third-order valence-corrected chi connectivity index (χ3v) is 7.38. The quantitative estimate of drug-likeness (QED) is 0.780. The minimum Gasteiger partial charge on any atom is -0.353 e. The van der Waals surface area contributed by atoms with Crippen molar-refractivity contribution in [1.29, 1.82) is 0 Å². The molecule has 5 nitrogen and oxygen atoms in total. The SMILES string of the molecule is CC[C@]1(C(=O)NC(C)C)C[C@H]2CC[C@@H]1N2C(=O)Cc1csc(-c2ccccc2)n1. The molecule has 1 aromatic carbocycles. The van der Waals surface area contributed by atoms with E-state index < -0.39 is 5.41 Å². The molecule has 2 saturated heterocycles. The number of carbonyl (C=O) groups is 2. The van der Waals surface area contributed by atoms with Gasteiger partial charge in [-0.3, -0.25) is 9.59 Å². The Morgan fingerprint density at radius 2 is 2.03 bits per heavy atom. The predicted molar refractivity (Wildman–Crippen MR) is 116 cm³/mol. The van der Waals surface area contributed by atoms with E-state index in [-0.39, 0.29) is 29.9 Å². The van der Waals surface area contributed by atoms with Crippen LogP contribution in [0.4, 0.5) is 0 Å². The topological polar surface area (TPSA) is 62.3 Å². The molecule has 3 atom stereocenters. The van der Waals surface area contributed by atoms with Crippen LogP contribution in [0.25, 0.3) is 10.6 Å². The van der Waals surface area contributed by atoms with E-state index >= 15 is 0 Å².